The predicted molar refractivity (Wildman–Crippen MR) is 43.8 cm³/mol. The molecule has 1 aromatic rings. The number of rotatable bonds is 2. The Balaban J connectivity index is 2.81. The van der Waals surface area contributed by atoms with Crippen LogP contribution in [0.3, 0.4) is 0 Å². The number of hydrazine groups is 1. The van der Waals surface area contributed by atoms with Gasteiger partial charge in [0.2, 0.25) is 5.91 Å². The number of nitrogens with one attached hydrogen (secondary N) is 2. The molecule has 0 atom stereocenters. The number of carbonyl (C=O) groups is 1. The third-order valence-corrected chi connectivity index (χ3v) is 1.33. The van der Waals surface area contributed by atoms with Gasteiger partial charge in [-0.15, -0.1) is 0 Å². The number of hydrogen-bond acceptors (Lipinski definition) is 2. The van der Waals surface area contributed by atoms with Crippen LogP contribution in [0.5, 0.6) is 0 Å². The molecule has 0 aromatic heterocycles. The third-order valence-electron chi connectivity index (χ3n) is 1.33. The minimum atomic E-state index is -0.756. The predicted octanol–water partition coefficient (Wildman–Crippen LogP) is 1.43. The number of carbonyl (C=O) groups excluding carboxylic acids is 1. The van der Waals surface area contributed by atoms with Gasteiger partial charge in [-0.25, -0.2) is 8.78 Å². The highest BCUT2D eigenvalue weighted by Gasteiger charge is 2.06. The van der Waals surface area contributed by atoms with E-state index in [2.05, 4.69) is 10.9 Å². The van der Waals surface area contributed by atoms with Gasteiger partial charge in [-0.2, -0.15) is 0 Å². The molecule has 0 bridgehead atoms. The Labute approximate surface area is 73.7 Å². The van der Waals surface area contributed by atoms with Gasteiger partial charge in [-0.1, -0.05) is 6.07 Å². The first-order valence-electron chi connectivity index (χ1n) is 3.58. The zero-order valence-corrected chi connectivity index (χ0v) is 6.90. The summed E-state index contributed by atoms with van der Waals surface area (Å²) in [6, 6.07) is 3.42. The van der Waals surface area contributed by atoms with Crippen molar-refractivity contribution in [3.63, 3.8) is 0 Å². The van der Waals surface area contributed by atoms with Crippen molar-refractivity contribution in [3.05, 3.63) is 29.8 Å². The van der Waals surface area contributed by atoms with Gasteiger partial charge in [-0.3, -0.25) is 15.6 Å². The van der Waals surface area contributed by atoms with Gasteiger partial charge in [0.05, 0.1) is 0 Å². The lowest BCUT2D eigenvalue weighted by molar-refractivity contribution is -0.118. The topological polar surface area (TPSA) is 41.1 Å². The second-order valence-corrected chi connectivity index (χ2v) is 2.40. The Bertz CT molecular complexity index is 308. The fraction of sp³-hybridized carbons (Fsp3) is 0.125. The van der Waals surface area contributed by atoms with Crippen molar-refractivity contribution in [1.29, 1.82) is 0 Å². The summed E-state index contributed by atoms with van der Waals surface area (Å²) in [6.07, 6.45) is 0. The van der Waals surface area contributed by atoms with Gasteiger partial charge < -0.3 is 0 Å². The van der Waals surface area contributed by atoms with E-state index in [-0.39, 0.29) is 5.69 Å². The summed E-state index contributed by atoms with van der Waals surface area (Å²) in [5, 5.41) is 0. The van der Waals surface area contributed by atoms with Crippen molar-refractivity contribution in [2.24, 2.45) is 0 Å². The van der Waals surface area contributed by atoms with Crippen LogP contribution in [0.2, 0.25) is 0 Å². The molecule has 0 aliphatic heterocycles. The molecule has 0 aliphatic rings. The molecule has 0 unspecified atom stereocenters. The quantitative estimate of drug-likeness (QED) is 0.686. The Kier molecular flexibility index (Phi) is 2.79. The molecule has 13 heavy (non-hydrogen) atoms. The first-order valence-corrected chi connectivity index (χ1v) is 3.58. The first-order chi connectivity index (χ1) is 6.11. The lowest BCUT2D eigenvalue weighted by atomic mass is 10.3. The molecular weight excluding hydrogens is 178 g/mol. The van der Waals surface area contributed by atoms with Gasteiger partial charge in [-0.05, 0) is 12.1 Å². The molecule has 0 aliphatic carbocycles. The van der Waals surface area contributed by atoms with E-state index in [0.717, 1.165) is 12.1 Å². The Morgan fingerprint density at radius 2 is 1.85 bits per heavy atom. The lowest BCUT2D eigenvalue weighted by Crippen LogP contribution is -2.27. The van der Waals surface area contributed by atoms with Gasteiger partial charge in [0, 0.05) is 6.92 Å². The minimum Gasteiger partial charge on any atom is -0.293 e. The summed E-state index contributed by atoms with van der Waals surface area (Å²) in [5.74, 6) is -1.94. The number of benzene rings is 1. The molecule has 70 valence electrons. The van der Waals surface area contributed by atoms with Crippen molar-refractivity contribution in [3.8, 4) is 0 Å². The molecule has 3 nitrogen and oxygen atoms in total. The maximum atomic E-state index is 12.8. The van der Waals surface area contributed by atoms with Crippen LogP contribution in [-0.4, -0.2) is 5.91 Å². The van der Waals surface area contributed by atoms with E-state index in [1.165, 1.54) is 13.0 Å². The van der Waals surface area contributed by atoms with Crippen molar-refractivity contribution in [1.82, 2.24) is 5.43 Å². The standard InChI is InChI=1S/C8H8F2N2O/c1-5(13)11-12-8-6(9)3-2-4-7(8)10/h2-4,12H,1H3,(H,11,13). The molecular formula is C8H8F2N2O. The highest BCUT2D eigenvalue weighted by molar-refractivity contribution is 5.74. The monoisotopic (exact) mass is 186 g/mol. The van der Waals surface area contributed by atoms with Gasteiger partial charge >= 0.3 is 0 Å². The van der Waals surface area contributed by atoms with Crippen molar-refractivity contribution in [2.75, 3.05) is 5.43 Å². The summed E-state index contributed by atoms with van der Waals surface area (Å²) in [7, 11) is 0. The van der Waals surface area contributed by atoms with Crippen LogP contribution in [0.4, 0.5) is 14.5 Å². The van der Waals surface area contributed by atoms with Gasteiger partial charge in [0.25, 0.3) is 0 Å². The highest BCUT2D eigenvalue weighted by atomic mass is 19.1. The van der Waals surface area contributed by atoms with E-state index >= 15 is 0 Å². The van der Waals surface area contributed by atoms with E-state index in [1.807, 2.05) is 0 Å². The van der Waals surface area contributed by atoms with Crippen LogP contribution in [0.1, 0.15) is 6.92 Å². The van der Waals surface area contributed by atoms with E-state index < -0.39 is 17.5 Å². The minimum absolute atomic E-state index is 0.363. The van der Waals surface area contributed by atoms with Crippen LogP contribution in [0.15, 0.2) is 18.2 Å². The molecule has 5 heteroatoms. The summed E-state index contributed by atoms with van der Waals surface area (Å²) in [5.41, 5.74) is 3.84. The van der Waals surface area contributed by atoms with Crippen LogP contribution >= 0.6 is 0 Å². The average Bonchev–Trinajstić information content (AvgIpc) is 2.03. The first kappa shape index (κ1) is 9.44. The van der Waals surface area contributed by atoms with E-state index in [4.69, 9.17) is 0 Å². The van der Waals surface area contributed by atoms with Gasteiger partial charge in [0.15, 0.2) is 11.6 Å². The molecule has 0 heterocycles. The van der Waals surface area contributed by atoms with E-state index in [0.29, 0.717) is 0 Å². The smallest absolute Gasteiger partial charge is 0.235 e. The molecule has 0 saturated carbocycles. The van der Waals surface area contributed by atoms with E-state index in [9.17, 15) is 13.6 Å². The van der Waals surface area contributed by atoms with E-state index in [1.54, 1.807) is 0 Å². The second-order valence-electron chi connectivity index (χ2n) is 2.40. The fourth-order valence-corrected chi connectivity index (χ4v) is 0.768. The molecule has 1 aromatic carbocycles. The molecule has 1 amide bonds. The summed E-state index contributed by atoms with van der Waals surface area (Å²) < 4.78 is 25.7. The summed E-state index contributed by atoms with van der Waals surface area (Å²) in [4.78, 5) is 10.4. The fourth-order valence-electron chi connectivity index (χ4n) is 0.768. The normalized spacial score (nSPS) is 9.46. The summed E-state index contributed by atoms with van der Waals surface area (Å²) >= 11 is 0. The maximum Gasteiger partial charge on any atom is 0.235 e. The molecule has 1 rings (SSSR count). The number of hydrogen-bond donors (Lipinski definition) is 2. The third kappa shape index (κ3) is 2.40. The molecule has 0 radical (unpaired) electrons. The summed E-state index contributed by atoms with van der Waals surface area (Å²) in [6.45, 7) is 1.23. The molecule has 0 spiro atoms. The molecule has 0 saturated heterocycles. The van der Waals surface area contributed by atoms with Crippen molar-refractivity contribution >= 4 is 11.6 Å². The number of amides is 1. The second kappa shape index (κ2) is 3.84. The molecule has 2 N–H and O–H groups in total. The van der Waals surface area contributed by atoms with Crippen LogP contribution in [0, 0.1) is 11.6 Å². The Morgan fingerprint density at radius 3 is 2.31 bits per heavy atom. The zero-order chi connectivity index (χ0) is 9.84. The van der Waals surface area contributed by atoms with Crippen LogP contribution in [-0.2, 0) is 4.79 Å². The maximum absolute atomic E-state index is 12.8. The number of para-hydroxylation sites is 1. The van der Waals surface area contributed by atoms with Crippen LogP contribution < -0.4 is 10.9 Å². The number of anilines is 1. The zero-order valence-electron chi connectivity index (χ0n) is 6.90. The Hall–Kier alpha value is -1.65. The Morgan fingerprint density at radius 1 is 1.31 bits per heavy atom. The van der Waals surface area contributed by atoms with Crippen molar-refractivity contribution in [2.45, 2.75) is 6.92 Å². The highest BCUT2D eigenvalue weighted by Crippen LogP contribution is 2.16. The van der Waals surface area contributed by atoms with Crippen LogP contribution in [0.25, 0.3) is 0 Å². The SMILES string of the molecule is CC(=O)NNc1c(F)cccc1F. The largest absolute Gasteiger partial charge is 0.293 e. The number of halogens is 2. The van der Waals surface area contributed by atoms with Crippen molar-refractivity contribution < 1.29 is 13.6 Å². The molecule has 0 fully saturated rings. The lowest BCUT2D eigenvalue weighted by Gasteiger charge is -2.07. The average molecular weight is 186 g/mol. The van der Waals surface area contributed by atoms with Gasteiger partial charge in [0.1, 0.15) is 5.69 Å².